The molecule has 10 radical (unpaired) electrons. The maximum atomic E-state index is 12.4. The van der Waals surface area contributed by atoms with Crippen molar-refractivity contribution in [2.45, 2.75) is 26.0 Å². The number of carbonyl (C=O) groups excluding carboxylic acids is 1. The van der Waals surface area contributed by atoms with Gasteiger partial charge < -0.3 is 10.4 Å². The van der Waals surface area contributed by atoms with Crippen LogP contribution in [0, 0.1) is 69.1 Å². The molecule has 164 valence electrons. The van der Waals surface area contributed by atoms with Gasteiger partial charge in [-0.25, -0.2) is 0 Å². The van der Waals surface area contributed by atoms with Gasteiger partial charge in [-0.1, -0.05) is 74.5 Å². The van der Waals surface area contributed by atoms with E-state index < -0.39 is 6.10 Å². The van der Waals surface area contributed by atoms with Crippen molar-refractivity contribution in [3.8, 4) is 0 Å². The molecule has 4 heteroatoms. The van der Waals surface area contributed by atoms with E-state index in [1.807, 2.05) is 126 Å². The van der Waals surface area contributed by atoms with E-state index >= 15 is 0 Å². The summed E-state index contributed by atoms with van der Waals surface area (Å²) in [6.07, 6.45) is 15.1. The zero-order valence-corrected chi connectivity index (χ0v) is 19.4. The summed E-state index contributed by atoms with van der Waals surface area (Å²) < 4.78 is 0. The van der Waals surface area contributed by atoms with Gasteiger partial charge in [0.15, 0.2) is 0 Å². The number of amides is 1. The van der Waals surface area contributed by atoms with Gasteiger partial charge in [0.25, 0.3) is 0 Å². The van der Waals surface area contributed by atoms with Crippen LogP contribution in [0.15, 0.2) is 60.7 Å². The molecule has 3 nitrogen and oxygen atoms in total. The molecule has 32 heavy (non-hydrogen) atoms. The number of carbonyl (C=O) groups is 1. The molecule has 1 amide bonds. The van der Waals surface area contributed by atoms with Gasteiger partial charge in [0, 0.05) is 17.8 Å². The molecular weight excluding hydrogens is 438 g/mol. The molecule has 0 aromatic heterocycles. The van der Waals surface area contributed by atoms with Crippen molar-refractivity contribution >= 4 is 5.91 Å². The van der Waals surface area contributed by atoms with Gasteiger partial charge in [0.05, 0.1) is 12.1 Å². The standard InChI is InChI=1S/C23H24NO2.C5H5.Fe/c1-16(2)23(26)24-21(17-10-5-3-6-11-17)19-14-9-15-20(19)22(25)18-12-7-4-8-13-18;1-2-4-5-3-1;/h3-16,21-22,25H,1-2H3,(H,24,26);1-5H;/q;;+2/t21-,22-;;/m0../s1. The third kappa shape index (κ3) is 7.47. The number of hydrogen-bond donors (Lipinski definition) is 2. The van der Waals surface area contributed by atoms with Crippen LogP contribution in [0.2, 0.25) is 0 Å². The van der Waals surface area contributed by atoms with Crippen LogP contribution in [-0.2, 0) is 21.9 Å². The molecule has 2 atom stereocenters. The molecule has 0 saturated heterocycles. The van der Waals surface area contributed by atoms with Crippen LogP contribution in [0.5, 0.6) is 0 Å². The largest absolute Gasteiger partial charge is 2.00 e. The average Bonchev–Trinajstić information content (AvgIpc) is 3.53. The Morgan fingerprint density at radius 2 is 1.19 bits per heavy atom. The van der Waals surface area contributed by atoms with Crippen molar-refractivity contribution < 1.29 is 27.0 Å². The van der Waals surface area contributed by atoms with Crippen molar-refractivity contribution in [1.82, 2.24) is 5.32 Å². The third-order valence-electron chi connectivity index (χ3n) is 5.11. The van der Waals surface area contributed by atoms with Crippen molar-refractivity contribution in [3.63, 3.8) is 0 Å². The fraction of sp³-hybridized carbons (Fsp3) is 0.179. The summed E-state index contributed by atoms with van der Waals surface area (Å²) in [5.74, 6) is 1.61. The number of nitrogens with one attached hydrogen (secondary N) is 1. The second kappa shape index (κ2) is 13.8. The maximum absolute atomic E-state index is 12.4. The minimum atomic E-state index is -0.733. The van der Waals surface area contributed by atoms with Gasteiger partial charge in [-0.2, -0.15) is 0 Å². The Morgan fingerprint density at radius 1 is 0.719 bits per heavy atom. The van der Waals surface area contributed by atoms with E-state index in [0.717, 1.165) is 23.0 Å². The van der Waals surface area contributed by atoms with Crippen molar-refractivity contribution in [1.29, 1.82) is 0 Å². The van der Waals surface area contributed by atoms with Gasteiger partial charge in [-0.05, 0) is 62.5 Å². The summed E-state index contributed by atoms with van der Waals surface area (Å²) in [6.45, 7) is 3.75. The molecule has 0 unspecified atom stereocenters. The van der Waals surface area contributed by atoms with E-state index in [1.165, 1.54) is 0 Å². The quantitative estimate of drug-likeness (QED) is 0.586. The van der Waals surface area contributed by atoms with Gasteiger partial charge in [0.1, 0.15) is 0 Å². The Hall–Kier alpha value is -1.61. The van der Waals surface area contributed by atoms with E-state index in [1.54, 1.807) is 0 Å². The summed E-state index contributed by atoms with van der Waals surface area (Å²) in [6, 6.07) is 19.1. The number of rotatable bonds is 6. The molecule has 2 fully saturated rings. The number of aliphatic hydroxyl groups excluding tert-OH is 1. The van der Waals surface area contributed by atoms with Crippen LogP contribution in [-0.4, -0.2) is 11.0 Å². The Bertz CT molecular complexity index is 769. The molecular formula is C28H29FeNO2+2. The first-order valence-electron chi connectivity index (χ1n) is 10.6. The van der Waals surface area contributed by atoms with Crippen LogP contribution >= 0.6 is 0 Å². The molecule has 2 N–H and O–H groups in total. The second-order valence-electron chi connectivity index (χ2n) is 7.72. The first-order valence-corrected chi connectivity index (χ1v) is 10.6. The Balaban J connectivity index is 0.000000534. The summed E-state index contributed by atoms with van der Waals surface area (Å²) in [4.78, 5) is 12.4. The van der Waals surface area contributed by atoms with Crippen LogP contribution < -0.4 is 5.32 Å². The van der Waals surface area contributed by atoms with Crippen molar-refractivity contribution in [3.05, 3.63) is 135 Å². The van der Waals surface area contributed by atoms with Gasteiger partial charge >= 0.3 is 17.1 Å². The zero-order chi connectivity index (χ0) is 22.1. The van der Waals surface area contributed by atoms with Crippen LogP contribution in [0.3, 0.4) is 0 Å². The first kappa shape index (κ1) is 26.6. The minimum absolute atomic E-state index is 0. The SMILES string of the molecule is CC(C)C(=O)N[C@H]([C]1[CH][CH][CH][C]1[C@@H](O)c1ccccc1)c1ccccc1.[CH]1[CH][CH][CH][CH]1.[Fe+2]. The monoisotopic (exact) mass is 467 g/mol. The van der Waals surface area contributed by atoms with E-state index in [4.69, 9.17) is 0 Å². The minimum Gasteiger partial charge on any atom is -0.388 e. The number of benzene rings is 2. The molecule has 2 aliphatic rings. The Morgan fingerprint density at radius 3 is 1.69 bits per heavy atom. The summed E-state index contributed by atoms with van der Waals surface area (Å²) in [7, 11) is 0. The van der Waals surface area contributed by atoms with Crippen LogP contribution in [0.25, 0.3) is 0 Å². The molecule has 4 rings (SSSR count). The molecule has 2 aliphatic carbocycles. The number of hydrogen-bond acceptors (Lipinski definition) is 2. The van der Waals surface area contributed by atoms with E-state index in [-0.39, 0.29) is 34.9 Å². The second-order valence-corrected chi connectivity index (χ2v) is 7.72. The molecule has 2 saturated carbocycles. The average molecular weight is 467 g/mol. The van der Waals surface area contributed by atoms with E-state index in [2.05, 4.69) is 5.32 Å². The fourth-order valence-corrected chi connectivity index (χ4v) is 3.39. The van der Waals surface area contributed by atoms with Crippen LogP contribution in [0.4, 0.5) is 0 Å². The molecule has 2 aromatic carbocycles. The van der Waals surface area contributed by atoms with Crippen molar-refractivity contribution in [2.24, 2.45) is 5.92 Å². The topological polar surface area (TPSA) is 49.3 Å². The van der Waals surface area contributed by atoms with Crippen molar-refractivity contribution in [2.75, 3.05) is 0 Å². The van der Waals surface area contributed by atoms with E-state index in [0.29, 0.717) is 0 Å². The summed E-state index contributed by atoms with van der Waals surface area (Å²) in [5.41, 5.74) is 1.83. The molecule has 0 aliphatic heterocycles. The maximum Gasteiger partial charge on any atom is 2.00 e. The van der Waals surface area contributed by atoms with Gasteiger partial charge in [0.2, 0.25) is 5.91 Å². The molecule has 2 aromatic rings. The van der Waals surface area contributed by atoms with Gasteiger partial charge in [-0.15, -0.1) is 0 Å². The normalized spacial score (nSPS) is 18.4. The predicted molar refractivity (Wildman–Crippen MR) is 124 cm³/mol. The summed E-state index contributed by atoms with van der Waals surface area (Å²) >= 11 is 0. The smallest absolute Gasteiger partial charge is 0.388 e. The van der Waals surface area contributed by atoms with Crippen LogP contribution in [0.1, 0.15) is 37.1 Å². The van der Waals surface area contributed by atoms with E-state index in [9.17, 15) is 9.90 Å². The Labute approximate surface area is 204 Å². The number of aliphatic hydroxyl groups is 1. The molecule has 0 spiro atoms. The predicted octanol–water partition coefficient (Wildman–Crippen LogP) is 5.03. The van der Waals surface area contributed by atoms with Gasteiger partial charge in [-0.3, -0.25) is 4.79 Å². The first-order chi connectivity index (χ1) is 15.1. The Kier molecular flexibility index (Phi) is 11.5. The molecule has 0 bridgehead atoms. The third-order valence-corrected chi connectivity index (χ3v) is 5.11. The fourth-order valence-electron chi connectivity index (χ4n) is 3.39. The summed E-state index contributed by atoms with van der Waals surface area (Å²) in [5, 5.41) is 14.0. The molecule has 0 heterocycles. The zero-order valence-electron chi connectivity index (χ0n) is 18.3.